The molecule has 0 bridgehead atoms. The number of benzene rings is 1. The van der Waals surface area contributed by atoms with E-state index in [0.29, 0.717) is 17.5 Å². The maximum atomic E-state index is 12.6. The first kappa shape index (κ1) is 15.5. The molecule has 0 aliphatic carbocycles. The molecule has 0 saturated carbocycles. The lowest BCUT2D eigenvalue weighted by Gasteiger charge is -2.20. The molecule has 0 fully saturated rings. The summed E-state index contributed by atoms with van der Waals surface area (Å²) in [6, 6.07) is 7.27. The number of fused-ring (bicyclic) bond motifs is 1. The van der Waals surface area contributed by atoms with Gasteiger partial charge in [0, 0.05) is 24.5 Å². The Kier molecular flexibility index (Phi) is 4.29. The van der Waals surface area contributed by atoms with E-state index in [1.807, 2.05) is 0 Å². The Morgan fingerprint density at radius 1 is 1.29 bits per heavy atom. The van der Waals surface area contributed by atoms with E-state index in [0.717, 1.165) is 5.57 Å². The third-order valence-electron chi connectivity index (χ3n) is 3.03. The molecule has 0 spiro atoms. The van der Waals surface area contributed by atoms with Crippen LogP contribution in [0.25, 0.3) is 11.0 Å². The fraction of sp³-hybridized carbons (Fsp3) is 0.267. The van der Waals surface area contributed by atoms with Gasteiger partial charge in [0.1, 0.15) is 5.58 Å². The molecule has 1 heterocycles. The SMILES string of the molecule is C=C(C)CN(CC)S(=O)(=O)c1ccc2oc(=O)ccc2c1. The molecule has 0 N–H and O–H groups in total. The van der Waals surface area contributed by atoms with Crippen molar-refractivity contribution in [3.8, 4) is 0 Å². The lowest BCUT2D eigenvalue weighted by molar-refractivity contribution is 0.453. The van der Waals surface area contributed by atoms with E-state index in [-0.39, 0.29) is 11.4 Å². The van der Waals surface area contributed by atoms with Gasteiger partial charge in [-0.05, 0) is 31.2 Å². The highest BCUT2D eigenvalue weighted by molar-refractivity contribution is 7.89. The highest BCUT2D eigenvalue weighted by atomic mass is 32.2. The summed E-state index contributed by atoms with van der Waals surface area (Å²) in [6.07, 6.45) is 0. The minimum atomic E-state index is -3.60. The average Bonchev–Trinajstić information content (AvgIpc) is 2.43. The summed E-state index contributed by atoms with van der Waals surface area (Å²) in [6.45, 7) is 7.95. The summed E-state index contributed by atoms with van der Waals surface area (Å²) >= 11 is 0. The van der Waals surface area contributed by atoms with Crippen LogP contribution in [0.2, 0.25) is 0 Å². The number of rotatable bonds is 5. The normalized spacial score (nSPS) is 12.0. The van der Waals surface area contributed by atoms with Crippen molar-refractivity contribution in [2.75, 3.05) is 13.1 Å². The molecule has 6 heteroatoms. The molecular weight excluding hydrogens is 290 g/mol. The van der Waals surface area contributed by atoms with Gasteiger partial charge in [-0.25, -0.2) is 13.2 Å². The van der Waals surface area contributed by atoms with Gasteiger partial charge >= 0.3 is 5.63 Å². The van der Waals surface area contributed by atoms with E-state index >= 15 is 0 Å². The lowest BCUT2D eigenvalue weighted by atomic mass is 10.2. The second-order valence-corrected chi connectivity index (χ2v) is 6.78. The van der Waals surface area contributed by atoms with Crippen LogP contribution < -0.4 is 5.63 Å². The first-order valence-electron chi connectivity index (χ1n) is 6.53. The first-order valence-corrected chi connectivity index (χ1v) is 7.97. The quantitative estimate of drug-likeness (QED) is 0.628. The van der Waals surface area contributed by atoms with Crippen LogP contribution in [0.3, 0.4) is 0 Å². The summed E-state index contributed by atoms with van der Waals surface area (Å²) in [5.74, 6) is 0. The van der Waals surface area contributed by atoms with Crippen LogP contribution in [0, 0.1) is 0 Å². The van der Waals surface area contributed by atoms with E-state index in [9.17, 15) is 13.2 Å². The Morgan fingerprint density at radius 3 is 2.62 bits per heavy atom. The maximum absolute atomic E-state index is 12.6. The second-order valence-electron chi connectivity index (χ2n) is 4.84. The van der Waals surface area contributed by atoms with Crippen LogP contribution in [0.15, 0.2) is 56.6 Å². The van der Waals surface area contributed by atoms with E-state index in [1.54, 1.807) is 19.9 Å². The van der Waals surface area contributed by atoms with E-state index in [1.165, 1.54) is 28.6 Å². The molecule has 2 aromatic rings. The van der Waals surface area contributed by atoms with Crippen LogP contribution in [0.1, 0.15) is 13.8 Å². The Labute approximate surface area is 123 Å². The van der Waals surface area contributed by atoms with E-state index in [4.69, 9.17) is 4.42 Å². The average molecular weight is 307 g/mol. The Bertz CT molecular complexity index is 836. The number of nitrogens with zero attached hydrogens (tertiary/aromatic N) is 1. The van der Waals surface area contributed by atoms with Crippen LogP contribution in [-0.4, -0.2) is 25.8 Å². The molecule has 0 atom stereocenters. The zero-order valence-corrected chi connectivity index (χ0v) is 12.8. The molecule has 0 unspecified atom stereocenters. The number of hydrogen-bond donors (Lipinski definition) is 0. The maximum Gasteiger partial charge on any atom is 0.336 e. The number of hydrogen-bond acceptors (Lipinski definition) is 4. The lowest BCUT2D eigenvalue weighted by Crippen LogP contribution is -2.32. The van der Waals surface area contributed by atoms with Crippen molar-refractivity contribution in [2.45, 2.75) is 18.7 Å². The molecule has 21 heavy (non-hydrogen) atoms. The van der Waals surface area contributed by atoms with Crippen molar-refractivity contribution < 1.29 is 12.8 Å². The molecule has 0 aliphatic heterocycles. The van der Waals surface area contributed by atoms with Crippen molar-refractivity contribution in [1.82, 2.24) is 4.31 Å². The zero-order chi connectivity index (χ0) is 15.6. The fourth-order valence-electron chi connectivity index (χ4n) is 2.03. The van der Waals surface area contributed by atoms with Crippen molar-refractivity contribution in [3.05, 3.63) is 52.9 Å². The van der Waals surface area contributed by atoms with Gasteiger partial charge in [-0.3, -0.25) is 0 Å². The third kappa shape index (κ3) is 3.22. The molecule has 0 aliphatic rings. The van der Waals surface area contributed by atoms with Crippen molar-refractivity contribution in [1.29, 1.82) is 0 Å². The minimum absolute atomic E-state index is 0.173. The Balaban J connectivity index is 2.51. The van der Waals surface area contributed by atoms with Gasteiger partial charge in [-0.15, -0.1) is 0 Å². The monoisotopic (exact) mass is 307 g/mol. The Hall–Kier alpha value is -1.92. The Morgan fingerprint density at radius 2 is 2.00 bits per heavy atom. The van der Waals surface area contributed by atoms with Crippen LogP contribution in [0.5, 0.6) is 0 Å². The predicted molar refractivity (Wildman–Crippen MR) is 81.7 cm³/mol. The van der Waals surface area contributed by atoms with Crippen molar-refractivity contribution in [3.63, 3.8) is 0 Å². The van der Waals surface area contributed by atoms with Gasteiger partial charge in [0.15, 0.2) is 0 Å². The van der Waals surface area contributed by atoms with E-state index in [2.05, 4.69) is 6.58 Å². The molecular formula is C15H17NO4S. The van der Waals surface area contributed by atoms with Crippen LogP contribution >= 0.6 is 0 Å². The summed E-state index contributed by atoms with van der Waals surface area (Å²) in [4.78, 5) is 11.3. The second kappa shape index (κ2) is 5.83. The summed E-state index contributed by atoms with van der Waals surface area (Å²) in [5, 5.41) is 0.571. The van der Waals surface area contributed by atoms with Gasteiger partial charge < -0.3 is 4.42 Å². The standard InChI is InChI=1S/C15H17NO4S/c1-4-16(10-11(2)3)21(18,19)13-6-7-14-12(9-13)5-8-15(17)20-14/h5-9H,2,4,10H2,1,3H3. The number of likely N-dealkylation sites (N-methyl/N-ethyl adjacent to an activating group) is 1. The predicted octanol–water partition coefficient (Wildman–Crippen LogP) is 2.38. The van der Waals surface area contributed by atoms with Gasteiger partial charge in [-0.2, -0.15) is 4.31 Å². The smallest absolute Gasteiger partial charge is 0.336 e. The summed E-state index contributed by atoms with van der Waals surface area (Å²) < 4.78 is 31.6. The topological polar surface area (TPSA) is 67.6 Å². The zero-order valence-electron chi connectivity index (χ0n) is 12.0. The summed E-state index contributed by atoms with van der Waals surface area (Å²) in [7, 11) is -3.60. The third-order valence-corrected chi connectivity index (χ3v) is 4.94. The van der Waals surface area contributed by atoms with Crippen molar-refractivity contribution in [2.24, 2.45) is 0 Å². The first-order chi connectivity index (χ1) is 9.84. The molecule has 5 nitrogen and oxygen atoms in total. The molecule has 1 aromatic heterocycles. The number of sulfonamides is 1. The highest BCUT2D eigenvalue weighted by Crippen LogP contribution is 2.21. The van der Waals surface area contributed by atoms with Crippen LogP contribution in [-0.2, 0) is 10.0 Å². The molecule has 0 radical (unpaired) electrons. The van der Waals surface area contributed by atoms with Gasteiger partial charge in [0.25, 0.3) is 0 Å². The molecule has 0 saturated heterocycles. The highest BCUT2D eigenvalue weighted by Gasteiger charge is 2.23. The molecule has 2 rings (SSSR count). The minimum Gasteiger partial charge on any atom is -0.423 e. The fourth-order valence-corrected chi connectivity index (χ4v) is 3.57. The molecule has 0 amide bonds. The van der Waals surface area contributed by atoms with E-state index < -0.39 is 15.6 Å². The summed E-state index contributed by atoms with van der Waals surface area (Å²) in [5.41, 5.74) is 0.673. The van der Waals surface area contributed by atoms with Crippen LogP contribution in [0.4, 0.5) is 0 Å². The largest absolute Gasteiger partial charge is 0.423 e. The van der Waals surface area contributed by atoms with Gasteiger partial charge in [0.05, 0.1) is 4.90 Å². The van der Waals surface area contributed by atoms with Gasteiger partial charge in [0.2, 0.25) is 10.0 Å². The molecule has 1 aromatic carbocycles. The molecule has 112 valence electrons. The van der Waals surface area contributed by atoms with Gasteiger partial charge in [-0.1, -0.05) is 19.1 Å². The van der Waals surface area contributed by atoms with Crippen molar-refractivity contribution >= 4 is 21.0 Å².